The van der Waals surface area contributed by atoms with Gasteiger partial charge in [-0.1, -0.05) is 18.2 Å². The van der Waals surface area contributed by atoms with Crippen molar-refractivity contribution in [2.45, 2.75) is 13.0 Å². The van der Waals surface area contributed by atoms with Gasteiger partial charge in [0.25, 0.3) is 5.91 Å². The SMILES string of the molecule is COC(=O)c1ccc(-c2cccc(C(=O)N3CCCNCC3)c2)c(CO)c1. The Hall–Kier alpha value is -2.70. The van der Waals surface area contributed by atoms with Gasteiger partial charge in [0.15, 0.2) is 0 Å². The van der Waals surface area contributed by atoms with Crippen molar-refractivity contribution in [1.29, 1.82) is 0 Å². The molecule has 0 unspecified atom stereocenters. The molecule has 2 aromatic rings. The fourth-order valence-electron chi connectivity index (χ4n) is 3.30. The number of methoxy groups -OCH3 is 1. The van der Waals surface area contributed by atoms with Crippen molar-refractivity contribution in [3.63, 3.8) is 0 Å². The van der Waals surface area contributed by atoms with Crippen molar-refractivity contribution in [3.05, 3.63) is 59.2 Å². The third-order valence-electron chi connectivity index (χ3n) is 4.74. The maximum absolute atomic E-state index is 12.9. The van der Waals surface area contributed by atoms with Gasteiger partial charge in [-0.05, 0) is 53.9 Å². The third-order valence-corrected chi connectivity index (χ3v) is 4.74. The number of nitrogens with zero attached hydrogens (tertiary/aromatic N) is 1. The minimum Gasteiger partial charge on any atom is -0.465 e. The Bertz CT molecular complexity index is 827. The summed E-state index contributed by atoms with van der Waals surface area (Å²) in [5, 5.41) is 13.0. The number of ether oxygens (including phenoxy) is 1. The molecule has 27 heavy (non-hydrogen) atoms. The molecule has 0 saturated carbocycles. The van der Waals surface area contributed by atoms with Gasteiger partial charge in [-0.15, -0.1) is 0 Å². The molecule has 3 rings (SSSR count). The molecule has 2 aromatic carbocycles. The number of rotatable bonds is 4. The van der Waals surface area contributed by atoms with E-state index in [9.17, 15) is 14.7 Å². The van der Waals surface area contributed by atoms with Crippen molar-refractivity contribution in [3.8, 4) is 11.1 Å². The number of aliphatic hydroxyl groups excluding tert-OH is 1. The summed E-state index contributed by atoms with van der Waals surface area (Å²) >= 11 is 0. The molecule has 0 bridgehead atoms. The second-order valence-corrected chi connectivity index (χ2v) is 6.50. The molecule has 1 fully saturated rings. The molecule has 0 spiro atoms. The van der Waals surface area contributed by atoms with Crippen LogP contribution < -0.4 is 5.32 Å². The summed E-state index contributed by atoms with van der Waals surface area (Å²) in [6.07, 6.45) is 0.940. The standard InChI is InChI=1S/C21H24N2O4/c1-27-21(26)17-6-7-19(18(13-17)14-24)15-4-2-5-16(12-15)20(25)23-10-3-8-22-9-11-23/h2,4-7,12-13,22,24H,3,8-11,14H2,1H3. The summed E-state index contributed by atoms with van der Waals surface area (Å²) in [7, 11) is 1.32. The highest BCUT2D eigenvalue weighted by molar-refractivity contribution is 5.96. The predicted octanol–water partition coefficient (Wildman–Crippen LogP) is 2.07. The Morgan fingerprint density at radius 3 is 2.74 bits per heavy atom. The quantitative estimate of drug-likeness (QED) is 0.808. The lowest BCUT2D eigenvalue weighted by Crippen LogP contribution is -2.34. The number of carbonyl (C=O) groups is 2. The van der Waals surface area contributed by atoms with Crippen LogP contribution in [-0.4, -0.2) is 55.2 Å². The molecular formula is C21H24N2O4. The highest BCUT2D eigenvalue weighted by Crippen LogP contribution is 2.26. The number of hydrogen-bond donors (Lipinski definition) is 2. The molecule has 6 nitrogen and oxygen atoms in total. The van der Waals surface area contributed by atoms with Gasteiger partial charge in [0, 0.05) is 25.2 Å². The van der Waals surface area contributed by atoms with Crippen molar-refractivity contribution >= 4 is 11.9 Å². The van der Waals surface area contributed by atoms with Gasteiger partial charge >= 0.3 is 5.97 Å². The van der Waals surface area contributed by atoms with Crippen molar-refractivity contribution < 1.29 is 19.4 Å². The fourth-order valence-corrected chi connectivity index (χ4v) is 3.30. The third kappa shape index (κ3) is 4.35. The summed E-state index contributed by atoms with van der Waals surface area (Å²) in [5.74, 6) is -0.438. The number of esters is 1. The minimum absolute atomic E-state index is 0.0114. The Balaban J connectivity index is 1.91. The molecule has 1 aliphatic rings. The van der Waals surface area contributed by atoms with E-state index in [1.165, 1.54) is 7.11 Å². The molecule has 1 saturated heterocycles. The molecule has 0 aromatic heterocycles. The molecular weight excluding hydrogens is 344 g/mol. The summed E-state index contributed by atoms with van der Waals surface area (Å²) in [6.45, 7) is 2.95. The Morgan fingerprint density at radius 2 is 1.96 bits per heavy atom. The first-order chi connectivity index (χ1) is 13.1. The van der Waals surface area contributed by atoms with Crippen LogP contribution in [0, 0.1) is 0 Å². The maximum atomic E-state index is 12.9. The second-order valence-electron chi connectivity index (χ2n) is 6.50. The smallest absolute Gasteiger partial charge is 0.337 e. The van der Waals surface area contributed by atoms with Gasteiger partial charge in [0.05, 0.1) is 19.3 Å². The number of hydrogen-bond acceptors (Lipinski definition) is 5. The van der Waals surface area contributed by atoms with E-state index in [1.807, 2.05) is 29.2 Å². The first-order valence-electron chi connectivity index (χ1n) is 9.06. The van der Waals surface area contributed by atoms with Crippen LogP contribution in [0.4, 0.5) is 0 Å². The van der Waals surface area contributed by atoms with E-state index in [4.69, 9.17) is 4.74 Å². The molecule has 0 atom stereocenters. The topological polar surface area (TPSA) is 78.9 Å². The minimum atomic E-state index is -0.449. The number of benzene rings is 2. The highest BCUT2D eigenvalue weighted by atomic mass is 16.5. The summed E-state index contributed by atoms with van der Waals surface area (Å²) in [6, 6.07) is 12.4. The zero-order valence-corrected chi connectivity index (χ0v) is 15.4. The summed E-state index contributed by atoms with van der Waals surface area (Å²) < 4.78 is 4.73. The van der Waals surface area contributed by atoms with Crippen LogP contribution in [0.25, 0.3) is 11.1 Å². The molecule has 2 N–H and O–H groups in total. The van der Waals surface area contributed by atoms with Crippen molar-refractivity contribution in [1.82, 2.24) is 10.2 Å². The van der Waals surface area contributed by atoms with Gasteiger partial charge in [0.2, 0.25) is 0 Å². The van der Waals surface area contributed by atoms with E-state index < -0.39 is 5.97 Å². The Labute approximate surface area is 158 Å². The molecule has 0 radical (unpaired) electrons. The predicted molar refractivity (Wildman–Crippen MR) is 103 cm³/mol. The lowest BCUT2D eigenvalue weighted by molar-refractivity contribution is 0.0600. The number of carbonyl (C=O) groups excluding carboxylic acids is 2. The fraction of sp³-hybridized carbons (Fsp3) is 0.333. The Morgan fingerprint density at radius 1 is 1.11 bits per heavy atom. The summed E-state index contributed by atoms with van der Waals surface area (Å²) in [4.78, 5) is 26.4. The van der Waals surface area contributed by atoms with Crippen LogP contribution >= 0.6 is 0 Å². The van der Waals surface area contributed by atoms with Crippen LogP contribution in [0.1, 0.15) is 32.7 Å². The van der Waals surface area contributed by atoms with Crippen molar-refractivity contribution in [2.75, 3.05) is 33.3 Å². The van der Waals surface area contributed by atoms with Crippen molar-refractivity contribution in [2.24, 2.45) is 0 Å². The van der Waals surface area contributed by atoms with Gasteiger partial charge in [-0.2, -0.15) is 0 Å². The normalized spacial score (nSPS) is 14.5. The largest absolute Gasteiger partial charge is 0.465 e. The molecule has 0 aliphatic carbocycles. The summed E-state index contributed by atoms with van der Waals surface area (Å²) in [5.41, 5.74) is 3.23. The maximum Gasteiger partial charge on any atom is 0.337 e. The number of amides is 1. The first kappa shape index (κ1) is 19.1. The lowest BCUT2D eigenvalue weighted by atomic mass is 9.96. The monoisotopic (exact) mass is 368 g/mol. The van der Waals surface area contributed by atoms with Crippen LogP contribution in [0.15, 0.2) is 42.5 Å². The van der Waals surface area contributed by atoms with Gasteiger partial charge < -0.3 is 20.1 Å². The van der Waals surface area contributed by atoms with E-state index in [0.717, 1.165) is 37.2 Å². The van der Waals surface area contributed by atoms with Crippen LogP contribution in [0.5, 0.6) is 0 Å². The van der Waals surface area contributed by atoms with E-state index in [-0.39, 0.29) is 12.5 Å². The number of nitrogens with one attached hydrogen (secondary N) is 1. The van der Waals surface area contributed by atoms with Gasteiger partial charge in [-0.25, -0.2) is 4.79 Å². The van der Waals surface area contributed by atoms with E-state index >= 15 is 0 Å². The average molecular weight is 368 g/mol. The molecule has 1 amide bonds. The van der Waals surface area contributed by atoms with E-state index in [0.29, 0.717) is 23.2 Å². The van der Waals surface area contributed by atoms with E-state index in [1.54, 1.807) is 18.2 Å². The van der Waals surface area contributed by atoms with Gasteiger partial charge in [0.1, 0.15) is 0 Å². The Kier molecular flexibility index (Phi) is 6.21. The second kappa shape index (κ2) is 8.79. The first-order valence-corrected chi connectivity index (χ1v) is 9.06. The average Bonchev–Trinajstić information content (AvgIpc) is 3.01. The number of aliphatic hydroxyl groups is 1. The van der Waals surface area contributed by atoms with Crippen LogP contribution in [-0.2, 0) is 11.3 Å². The zero-order valence-electron chi connectivity index (χ0n) is 15.4. The lowest BCUT2D eigenvalue weighted by Gasteiger charge is -2.20. The van der Waals surface area contributed by atoms with Crippen LogP contribution in [0.3, 0.4) is 0 Å². The zero-order chi connectivity index (χ0) is 19.2. The molecule has 1 aliphatic heterocycles. The molecule has 1 heterocycles. The molecule has 142 valence electrons. The highest BCUT2D eigenvalue weighted by Gasteiger charge is 2.18. The molecule has 6 heteroatoms. The van der Waals surface area contributed by atoms with Gasteiger partial charge in [-0.3, -0.25) is 4.79 Å². The van der Waals surface area contributed by atoms with Crippen LogP contribution in [0.2, 0.25) is 0 Å². The van der Waals surface area contributed by atoms with E-state index in [2.05, 4.69) is 5.32 Å².